The summed E-state index contributed by atoms with van der Waals surface area (Å²) in [4.78, 5) is 11.2. The maximum Gasteiger partial charge on any atom is 0.341 e. The van der Waals surface area contributed by atoms with E-state index in [4.69, 9.17) is 21.2 Å². The Morgan fingerprint density at radius 3 is 2.95 bits per heavy atom. The van der Waals surface area contributed by atoms with Crippen molar-refractivity contribution in [2.75, 3.05) is 0 Å². The first kappa shape index (κ1) is 14.6. The summed E-state index contributed by atoms with van der Waals surface area (Å²) in [5, 5.41) is 16.7. The van der Waals surface area contributed by atoms with Crippen LogP contribution in [0.3, 0.4) is 0 Å². The SMILES string of the molecule is Cc1noc([C@@H](C)NCc2cccc(Cl)c2)c1C(=O)O. The largest absolute Gasteiger partial charge is 0.477 e. The summed E-state index contributed by atoms with van der Waals surface area (Å²) >= 11 is 5.91. The molecule has 6 heteroatoms. The Labute approximate surface area is 121 Å². The summed E-state index contributed by atoms with van der Waals surface area (Å²) in [5.41, 5.74) is 1.51. The number of nitrogens with one attached hydrogen (secondary N) is 1. The lowest BCUT2D eigenvalue weighted by Crippen LogP contribution is -2.19. The smallest absolute Gasteiger partial charge is 0.341 e. The lowest BCUT2D eigenvalue weighted by molar-refractivity contribution is 0.0692. The van der Waals surface area contributed by atoms with E-state index in [0.29, 0.717) is 23.0 Å². The van der Waals surface area contributed by atoms with E-state index in [-0.39, 0.29) is 11.6 Å². The normalized spacial score (nSPS) is 12.3. The summed E-state index contributed by atoms with van der Waals surface area (Å²) in [7, 11) is 0. The van der Waals surface area contributed by atoms with Crippen molar-refractivity contribution >= 4 is 17.6 Å². The molecule has 5 nitrogen and oxygen atoms in total. The van der Waals surface area contributed by atoms with Crippen molar-refractivity contribution in [1.29, 1.82) is 0 Å². The first-order valence-corrected chi connectivity index (χ1v) is 6.54. The van der Waals surface area contributed by atoms with Gasteiger partial charge in [0.15, 0.2) is 5.76 Å². The second kappa shape index (κ2) is 6.07. The van der Waals surface area contributed by atoms with Gasteiger partial charge in [0.1, 0.15) is 5.56 Å². The fourth-order valence-corrected chi connectivity index (χ4v) is 2.17. The van der Waals surface area contributed by atoms with Crippen LogP contribution in [0, 0.1) is 6.92 Å². The van der Waals surface area contributed by atoms with Crippen LogP contribution in [0.4, 0.5) is 0 Å². The third-order valence-corrected chi connectivity index (χ3v) is 3.23. The maximum atomic E-state index is 11.2. The summed E-state index contributed by atoms with van der Waals surface area (Å²) in [6.45, 7) is 4.00. The van der Waals surface area contributed by atoms with Gasteiger partial charge in [-0.15, -0.1) is 0 Å². The molecule has 2 aromatic rings. The Morgan fingerprint density at radius 1 is 1.55 bits per heavy atom. The zero-order chi connectivity index (χ0) is 14.7. The second-order valence-corrected chi connectivity index (χ2v) is 4.98. The zero-order valence-electron chi connectivity index (χ0n) is 11.2. The number of carbonyl (C=O) groups is 1. The van der Waals surface area contributed by atoms with E-state index in [1.54, 1.807) is 13.0 Å². The molecule has 0 aliphatic heterocycles. The quantitative estimate of drug-likeness (QED) is 0.886. The molecule has 1 heterocycles. The van der Waals surface area contributed by atoms with Crippen LogP contribution >= 0.6 is 11.6 Å². The first-order chi connectivity index (χ1) is 9.49. The van der Waals surface area contributed by atoms with Crippen LogP contribution in [0.25, 0.3) is 0 Å². The van der Waals surface area contributed by atoms with Gasteiger partial charge in [-0.1, -0.05) is 28.9 Å². The predicted octanol–water partition coefficient (Wildman–Crippen LogP) is 3.19. The molecule has 0 radical (unpaired) electrons. The zero-order valence-corrected chi connectivity index (χ0v) is 11.9. The lowest BCUT2D eigenvalue weighted by Gasteiger charge is -2.11. The Hall–Kier alpha value is -1.85. The van der Waals surface area contributed by atoms with Crippen LogP contribution in [-0.2, 0) is 6.54 Å². The van der Waals surface area contributed by atoms with E-state index in [1.807, 2.05) is 25.1 Å². The van der Waals surface area contributed by atoms with E-state index >= 15 is 0 Å². The number of aromatic carboxylic acids is 1. The minimum absolute atomic E-state index is 0.121. The molecule has 0 fully saturated rings. The molecule has 2 rings (SSSR count). The third-order valence-electron chi connectivity index (χ3n) is 3.00. The van der Waals surface area contributed by atoms with E-state index in [1.165, 1.54) is 0 Å². The lowest BCUT2D eigenvalue weighted by atomic mass is 10.1. The average molecular weight is 295 g/mol. The number of hydrogen-bond acceptors (Lipinski definition) is 4. The highest BCUT2D eigenvalue weighted by Gasteiger charge is 2.23. The van der Waals surface area contributed by atoms with Crippen LogP contribution in [0.5, 0.6) is 0 Å². The molecule has 1 aromatic heterocycles. The van der Waals surface area contributed by atoms with Crippen LogP contribution in [-0.4, -0.2) is 16.2 Å². The molecule has 2 N–H and O–H groups in total. The van der Waals surface area contributed by atoms with Crippen molar-refractivity contribution in [3.8, 4) is 0 Å². The number of aromatic nitrogens is 1. The van der Waals surface area contributed by atoms with Gasteiger partial charge >= 0.3 is 5.97 Å². The Kier molecular flexibility index (Phi) is 4.42. The summed E-state index contributed by atoms with van der Waals surface area (Å²) in [6.07, 6.45) is 0. The number of carboxylic acids is 1. The molecule has 0 unspecified atom stereocenters. The number of halogens is 1. The predicted molar refractivity (Wildman–Crippen MR) is 74.9 cm³/mol. The van der Waals surface area contributed by atoms with E-state index < -0.39 is 5.97 Å². The molecule has 0 saturated carbocycles. The number of nitrogens with zero attached hydrogens (tertiary/aromatic N) is 1. The summed E-state index contributed by atoms with van der Waals surface area (Å²) in [6, 6.07) is 7.20. The highest BCUT2D eigenvalue weighted by molar-refractivity contribution is 6.30. The molecule has 0 amide bonds. The summed E-state index contributed by atoms with van der Waals surface area (Å²) in [5.74, 6) is -0.702. The van der Waals surface area contributed by atoms with Crippen molar-refractivity contribution in [2.24, 2.45) is 0 Å². The molecule has 1 aromatic carbocycles. The van der Waals surface area contributed by atoms with Crippen molar-refractivity contribution in [3.63, 3.8) is 0 Å². The van der Waals surface area contributed by atoms with Gasteiger partial charge in [-0.2, -0.15) is 0 Å². The fourth-order valence-electron chi connectivity index (χ4n) is 1.95. The molecule has 0 bridgehead atoms. The van der Waals surface area contributed by atoms with Crippen LogP contribution in [0.1, 0.15) is 40.3 Å². The van der Waals surface area contributed by atoms with Gasteiger partial charge in [-0.3, -0.25) is 0 Å². The molecular formula is C14H15ClN2O3. The molecule has 0 aliphatic carbocycles. The number of benzene rings is 1. The topological polar surface area (TPSA) is 75.4 Å². The highest BCUT2D eigenvalue weighted by Crippen LogP contribution is 2.21. The molecule has 0 aliphatic rings. The van der Waals surface area contributed by atoms with Gasteiger partial charge in [-0.05, 0) is 31.5 Å². The second-order valence-electron chi connectivity index (χ2n) is 4.54. The molecule has 1 atom stereocenters. The molecule has 106 valence electrons. The van der Waals surface area contributed by atoms with Crippen molar-refractivity contribution in [2.45, 2.75) is 26.4 Å². The van der Waals surface area contributed by atoms with Gasteiger partial charge < -0.3 is 14.9 Å². The monoisotopic (exact) mass is 294 g/mol. The van der Waals surface area contributed by atoms with Gasteiger partial charge in [0, 0.05) is 11.6 Å². The minimum Gasteiger partial charge on any atom is -0.477 e. The number of rotatable bonds is 5. The number of hydrogen-bond donors (Lipinski definition) is 2. The van der Waals surface area contributed by atoms with Gasteiger partial charge in [0.2, 0.25) is 0 Å². The van der Waals surface area contributed by atoms with Gasteiger partial charge in [0.25, 0.3) is 0 Å². The molecule has 0 saturated heterocycles. The first-order valence-electron chi connectivity index (χ1n) is 6.16. The standard InChI is InChI=1S/C14H15ClN2O3/c1-8-12(14(18)19)13(20-17-8)9(2)16-7-10-4-3-5-11(15)6-10/h3-6,9,16H,7H2,1-2H3,(H,18,19)/t9-/m1/s1. The maximum absolute atomic E-state index is 11.2. The van der Waals surface area contributed by atoms with Crippen LogP contribution in [0.15, 0.2) is 28.8 Å². The Bertz CT molecular complexity index is 625. The van der Waals surface area contributed by atoms with Gasteiger partial charge in [0.05, 0.1) is 11.7 Å². The van der Waals surface area contributed by atoms with Crippen molar-refractivity contribution in [1.82, 2.24) is 10.5 Å². The Morgan fingerprint density at radius 2 is 2.30 bits per heavy atom. The van der Waals surface area contributed by atoms with E-state index in [9.17, 15) is 4.79 Å². The number of carboxylic acid groups (broad SMARTS) is 1. The molecule has 0 spiro atoms. The van der Waals surface area contributed by atoms with Crippen LogP contribution < -0.4 is 5.32 Å². The highest BCUT2D eigenvalue weighted by atomic mass is 35.5. The summed E-state index contributed by atoms with van der Waals surface area (Å²) < 4.78 is 5.11. The minimum atomic E-state index is -1.03. The average Bonchev–Trinajstić information content (AvgIpc) is 2.78. The van der Waals surface area contributed by atoms with Crippen molar-refractivity contribution < 1.29 is 14.4 Å². The van der Waals surface area contributed by atoms with E-state index in [0.717, 1.165) is 5.56 Å². The van der Waals surface area contributed by atoms with Crippen molar-refractivity contribution in [3.05, 3.63) is 51.9 Å². The fraction of sp³-hybridized carbons (Fsp3) is 0.286. The van der Waals surface area contributed by atoms with Crippen LogP contribution in [0.2, 0.25) is 5.02 Å². The molecule has 20 heavy (non-hydrogen) atoms. The Balaban J connectivity index is 2.09. The van der Waals surface area contributed by atoms with E-state index in [2.05, 4.69) is 10.5 Å². The molecular weight excluding hydrogens is 280 g/mol. The van der Waals surface area contributed by atoms with Gasteiger partial charge in [-0.25, -0.2) is 4.79 Å². The third kappa shape index (κ3) is 3.18. The number of aryl methyl sites for hydroxylation is 1.